The maximum atomic E-state index is 14.0. The van der Waals surface area contributed by atoms with Gasteiger partial charge in [-0.3, -0.25) is 10.1 Å². The number of thiazole rings is 1. The molecule has 2 rings (SSSR count). The van der Waals surface area contributed by atoms with Crippen molar-refractivity contribution in [3.05, 3.63) is 55.3 Å². The monoisotopic (exact) mass is 309 g/mol. The second kappa shape index (κ2) is 6.28. The molecule has 0 amide bonds. The number of nitrogens with zero attached hydrogens (tertiary/aromatic N) is 2. The van der Waals surface area contributed by atoms with E-state index in [2.05, 4.69) is 10.3 Å². The smallest absolute Gasteiger partial charge is 0.305 e. The van der Waals surface area contributed by atoms with Crippen molar-refractivity contribution in [2.45, 2.75) is 33.4 Å². The predicted octanol–water partition coefficient (Wildman–Crippen LogP) is 3.66. The number of nitrogens with one attached hydrogen (secondary N) is 1. The third kappa shape index (κ3) is 3.43. The molecule has 1 unspecified atom stereocenters. The van der Waals surface area contributed by atoms with Crippen LogP contribution in [-0.2, 0) is 6.54 Å². The van der Waals surface area contributed by atoms with Gasteiger partial charge in [0.1, 0.15) is 0 Å². The number of nitro benzene ring substituents is 1. The maximum absolute atomic E-state index is 14.0. The molecule has 112 valence electrons. The van der Waals surface area contributed by atoms with Crippen molar-refractivity contribution in [2.75, 3.05) is 0 Å². The minimum Gasteiger partial charge on any atom is -0.305 e. The molecule has 0 saturated heterocycles. The van der Waals surface area contributed by atoms with E-state index in [4.69, 9.17) is 0 Å². The molecule has 1 heterocycles. The normalized spacial score (nSPS) is 12.4. The van der Waals surface area contributed by atoms with Crippen LogP contribution in [0.3, 0.4) is 0 Å². The van der Waals surface area contributed by atoms with E-state index < -0.39 is 16.4 Å². The summed E-state index contributed by atoms with van der Waals surface area (Å²) in [5, 5.41) is 14.9. The molecule has 0 aliphatic heterocycles. The van der Waals surface area contributed by atoms with Crippen LogP contribution in [0.15, 0.2) is 18.2 Å². The number of nitro groups is 1. The summed E-state index contributed by atoms with van der Waals surface area (Å²) >= 11 is 1.59. The summed E-state index contributed by atoms with van der Waals surface area (Å²) in [5.41, 5.74) is 0.749. The number of halogens is 1. The first-order valence-corrected chi connectivity index (χ1v) is 7.31. The lowest BCUT2D eigenvalue weighted by atomic mass is 10.1. The lowest BCUT2D eigenvalue weighted by Gasteiger charge is -2.13. The van der Waals surface area contributed by atoms with Crippen molar-refractivity contribution in [3.8, 4) is 0 Å². The molecule has 0 fully saturated rings. The molecule has 21 heavy (non-hydrogen) atoms. The average molecular weight is 309 g/mol. The summed E-state index contributed by atoms with van der Waals surface area (Å²) in [6.45, 7) is 6.07. The van der Waals surface area contributed by atoms with E-state index in [1.165, 1.54) is 12.1 Å². The molecule has 2 aromatic rings. The fourth-order valence-electron chi connectivity index (χ4n) is 2.15. The Hall–Kier alpha value is -1.86. The Kier molecular flexibility index (Phi) is 4.64. The minimum absolute atomic E-state index is 0.00913. The SMILES string of the molecule is Cc1nc(C)c(C(C)NCc2cccc([N+](=O)[O-])c2F)s1. The van der Waals surface area contributed by atoms with Crippen LogP contribution in [0.25, 0.3) is 0 Å². The van der Waals surface area contributed by atoms with Crippen molar-refractivity contribution in [1.82, 2.24) is 10.3 Å². The Labute approximate surface area is 126 Å². The number of hydrogen-bond donors (Lipinski definition) is 1. The lowest BCUT2D eigenvalue weighted by molar-refractivity contribution is -0.387. The first kappa shape index (κ1) is 15.5. The predicted molar refractivity (Wildman–Crippen MR) is 79.9 cm³/mol. The molecule has 0 aliphatic carbocycles. The van der Waals surface area contributed by atoms with E-state index in [9.17, 15) is 14.5 Å². The third-order valence-corrected chi connectivity index (χ3v) is 4.44. The summed E-state index contributed by atoms with van der Waals surface area (Å²) in [4.78, 5) is 15.5. The van der Waals surface area contributed by atoms with E-state index in [0.29, 0.717) is 0 Å². The molecule has 1 N–H and O–H groups in total. The van der Waals surface area contributed by atoms with E-state index in [-0.39, 0.29) is 18.2 Å². The van der Waals surface area contributed by atoms with Crippen molar-refractivity contribution < 1.29 is 9.31 Å². The van der Waals surface area contributed by atoms with Crippen LogP contribution in [0.2, 0.25) is 0 Å². The van der Waals surface area contributed by atoms with Crippen LogP contribution in [0.5, 0.6) is 0 Å². The van der Waals surface area contributed by atoms with Crippen molar-refractivity contribution in [2.24, 2.45) is 0 Å². The van der Waals surface area contributed by atoms with Crippen molar-refractivity contribution in [3.63, 3.8) is 0 Å². The van der Waals surface area contributed by atoms with Gasteiger partial charge < -0.3 is 5.32 Å². The molecule has 0 saturated carbocycles. The van der Waals surface area contributed by atoms with Gasteiger partial charge in [-0.05, 0) is 20.8 Å². The molecule has 1 atom stereocenters. The highest BCUT2D eigenvalue weighted by Crippen LogP contribution is 2.25. The van der Waals surface area contributed by atoms with Gasteiger partial charge in [0.2, 0.25) is 5.82 Å². The zero-order chi connectivity index (χ0) is 15.6. The molecule has 5 nitrogen and oxygen atoms in total. The van der Waals surface area contributed by atoms with Crippen LogP contribution in [0.4, 0.5) is 10.1 Å². The van der Waals surface area contributed by atoms with Crippen LogP contribution >= 0.6 is 11.3 Å². The highest BCUT2D eigenvalue weighted by Gasteiger charge is 2.18. The molecule has 0 bridgehead atoms. The van der Waals surface area contributed by atoms with Gasteiger partial charge in [0.15, 0.2) is 0 Å². The molecular weight excluding hydrogens is 293 g/mol. The van der Waals surface area contributed by atoms with Crippen molar-refractivity contribution in [1.29, 1.82) is 0 Å². The number of hydrogen-bond acceptors (Lipinski definition) is 5. The van der Waals surface area contributed by atoms with Crippen LogP contribution in [0, 0.1) is 29.8 Å². The van der Waals surface area contributed by atoms with E-state index >= 15 is 0 Å². The second-order valence-corrected chi connectivity index (χ2v) is 6.03. The first-order chi connectivity index (χ1) is 9.90. The maximum Gasteiger partial charge on any atom is 0.305 e. The minimum atomic E-state index is -0.778. The van der Waals surface area contributed by atoms with Gasteiger partial charge in [-0.2, -0.15) is 4.39 Å². The fourth-order valence-corrected chi connectivity index (χ4v) is 3.10. The average Bonchev–Trinajstić information content (AvgIpc) is 2.76. The van der Waals surface area contributed by atoms with Crippen LogP contribution < -0.4 is 5.32 Å². The Morgan fingerprint density at radius 3 is 2.76 bits per heavy atom. The zero-order valence-corrected chi connectivity index (χ0v) is 12.8. The lowest BCUT2D eigenvalue weighted by Crippen LogP contribution is -2.19. The summed E-state index contributed by atoms with van der Waals surface area (Å²) < 4.78 is 14.0. The van der Waals surface area contributed by atoms with Gasteiger partial charge >= 0.3 is 5.69 Å². The number of aromatic nitrogens is 1. The summed E-state index contributed by atoms with van der Waals surface area (Å²) in [5.74, 6) is -0.778. The molecule has 1 aromatic carbocycles. The molecule has 1 aromatic heterocycles. The van der Waals surface area contributed by atoms with Gasteiger partial charge in [0.25, 0.3) is 0 Å². The molecule has 0 radical (unpaired) electrons. The number of rotatable bonds is 5. The summed E-state index contributed by atoms with van der Waals surface area (Å²) in [6, 6.07) is 4.21. The highest BCUT2D eigenvalue weighted by molar-refractivity contribution is 7.11. The Morgan fingerprint density at radius 2 is 2.19 bits per heavy atom. The van der Waals surface area contributed by atoms with E-state index in [0.717, 1.165) is 15.6 Å². The highest BCUT2D eigenvalue weighted by atomic mass is 32.1. The van der Waals surface area contributed by atoms with Gasteiger partial charge in [0.05, 0.1) is 15.6 Å². The van der Waals surface area contributed by atoms with Crippen LogP contribution in [-0.4, -0.2) is 9.91 Å². The summed E-state index contributed by atoms with van der Waals surface area (Å²) in [6.07, 6.45) is 0. The molecular formula is C14H16FN3O2S. The standard InChI is InChI=1S/C14H16FN3O2S/c1-8(14-9(2)17-10(3)21-14)16-7-11-5-4-6-12(13(11)15)18(19)20/h4-6,8,16H,7H2,1-3H3. The van der Waals surface area contributed by atoms with Gasteiger partial charge in [-0.25, -0.2) is 4.98 Å². The number of benzene rings is 1. The summed E-state index contributed by atoms with van der Waals surface area (Å²) in [7, 11) is 0. The number of aryl methyl sites for hydroxylation is 2. The third-order valence-electron chi connectivity index (χ3n) is 3.19. The van der Waals surface area contributed by atoms with E-state index in [1.807, 2.05) is 20.8 Å². The first-order valence-electron chi connectivity index (χ1n) is 6.49. The van der Waals surface area contributed by atoms with E-state index in [1.54, 1.807) is 17.4 Å². The van der Waals surface area contributed by atoms with Gasteiger partial charge in [-0.1, -0.05) is 12.1 Å². The van der Waals surface area contributed by atoms with Gasteiger partial charge in [-0.15, -0.1) is 11.3 Å². The Morgan fingerprint density at radius 1 is 1.48 bits per heavy atom. The quantitative estimate of drug-likeness (QED) is 0.676. The second-order valence-electron chi connectivity index (χ2n) is 4.79. The fraction of sp³-hybridized carbons (Fsp3) is 0.357. The van der Waals surface area contributed by atoms with Crippen molar-refractivity contribution >= 4 is 17.0 Å². The van der Waals surface area contributed by atoms with Gasteiger partial charge in [0, 0.05) is 29.1 Å². The Bertz CT molecular complexity index is 672. The molecule has 0 aliphatic rings. The Balaban J connectivity index is 2.11. The van der Waals surface area contributed by atoms with Crippen LogP contribution in [0.1, 0.15) is 34.1 Å². The topological polar surface area (TPSA) is 68.1 Å². The largest absolute Gasteiger partial charge is 0.305 e. The molecule has 7 heteroatoms. The zero-order valence-electron chi connectivity index (χ0n) is 12.0. The molecule has 0 spiro atoms.